The summed E-state index contributed by atoms with van der Waals surface area (Å²) in [4.78, 5) is 16.6. The Morgan fingerprint density at radius 3 is 2.50 bits per heavy atom. The van der Waals surface area contributed by atoms with E-state index in [2.05, 4.69) is 20.1 Å². The lowest BCUT2D eigenvalue weighted by Gasteiger charge is -2.18. The molecule has 3 aromatic rings. The van der Waals surface area contributed by atoms with Gasteiger partial charge in [-0.1, -0.05) is 49.4 Å². The van der Waals surface area contributed by atoms with E-state index in [1.165, 1.54) is 24.5 Å². The molecule has 0 spiro atoms. The Balaban J connectivity index is 1.68. The minimum atomic E-state index is -3.50. The van der Waals surface area contributed by atoms with Crippen LogP contribution in [0.5, 0.6) is 0 Å². The molecule has 156 valence electrons. The summed E-state index contributed by atoms with van der Waals surface area (Å²) in [5.74, 6) is -0.270. The topological polar surface area (TPSA) is 106 Å². The third-order valence-corrected chi connectivity index (χ3v) is 5.87. The standard InChI is InChI=1S/C21H23N5O3S/c1-2-24-30(28,29)19-11-8-17(9-12-19)10-13-21(27)25-20(14-26-16-22-15-23-26)18-6-4-3-5-7-18/h3-13,15-16,20,24H,2,14H2,1H3,(H,25,27)/b13-10+. The monoisotopic (exact) mass is 425 g/mol. The quantitative estimate of drug-likeness (QED) is 0.511. The van der Waals surface area contributed by atoms with Crippen LogP contribution in [0.3, 0.4) is 0 Å². The van der Waals surface area contributed by atoms with E-state index in [0.717, 1.165) is 5.56 Å². The molecule has 2 aromatic carbocycles. The number of hydrogen-bond acceptors (Lipinski definition) is 5. The van der Waals surface area contributed by atoms with E-state index < -0.39 is 10.0 Å². The summed E-state index contributed by atoms with van der Waals surface area (Å²) in [6.07, 6.45) is 6.10. The van der Waals surface area contributed by atoms with E-state index in [4.69, 9.17) is 0 Å². The van der Waals surface area contributed by atoms with Crippen molar-refractivity contribution in [3.63, 3.8) is 0 Å². The van der Waals surface area contributed by atoms with Crippen LogP contribution in [0, 0.1) is 0 Å². The molecule has 2 N–H and O–H groups in total. The Hall–Kier alpha value is -3.30. The molecule has 0 aliphatic carbocycles. The highest BCUT2D eigenvalue weighted by Crippen LogP contribution is 2.15. The van der Waals surface area contributed by atoms with Gasteiger partial charge in [-0.3, -0.25) is 9.48 Å². The van der Waals surface area contributed by atoms with Crippen molar-refractivity contribution < 1.29 is 13.2 Å². The summed E-state index contributed by atoms with van der Waals surface area (Å²) >= 11 is 0. The molecule has 30 heavy (non-hydrogen) atoms. The Bertz CT molecular complexity index is 1080. The summed E-state index contributed by atoms with van der Waals surface area (Å²) in [5, 5.41) is 7.08. The molecular formula is C21H23N5O3S. The molecule has 3 rings (SSSR count). The Morgan fingerprint density at radius 2 is 1.87 bits per heavy atom. The van der Waals surface area contributed by atoms with E-state index in [1.54, 1.807) is 36.1 Å². The first kappa shape index (κ1) is 21.4. The first-order chi connectivity index (χ1) is 14.5. The molecular weight excluding hydrogens is 402 g/mol. The number of carbonyl (C=O) groups excluding carboxylic acids is 1. The number of aromatic nitrogens is 3. The zero-order chi connectivity index (χ0) is 21.4. The maximum atomic E-state index is 12.5. The largest absolute Gasteiger partial charge is 0.344 e. The number of rotatable bonds is 9. The van der Waals surface area contributed by atoms with E-state index in [9.17, 15) is 13.2 Å². The van der Waals surface area contributed by atoms with Crippen LogP contribution in [-0.2, 0) is 21.4 Å². The maximum absolute atomic E-state index is 12.5. The van der Waals surface area contributed by atoms with Crippen LogP contribution in [0.25, 0.3) is 6.08 Å². The predicted octanol–water partition coefficient (Wildman–Crippen LogP) is 2.15. The van der Waals surface area contributed by atoms with Crippen molar-refractivity contribution in [1.82, 2.24) is 24.8 Å². The molecule has 0 aliphatic heterocycles. The zero-order valence-corrected chi connectivity index (χ0v) is 17.3. The highest BCUT2D eigenvalue weighted by Gasteiger charge is 2.15. The average molecular weight is 426 g/mol. The van der Waals surface area contributed by atoms with Crippen molar-refractivity contribution in [2.45, 2.75) is 24.4 Å². The van der Waals surface area contributed by atoms with Crippen molar-refractivity contribution in [2.75, 3.05) is 6.54 Å². The van der Waals surface area contributed by atoms with Gasteiger partial charge in [-0.25, -0.2) is 18.1 Å². The molecule has 1 aromatic heterocycles. The van der Waals surface area contributed by atoms with Crippen LogP contribution in [-0.4, -0.2) is 35.6 Å². The molecule has 0 saturated heterocycles. The van der Waals surface area contributed by atoms with Gasteiger partial charge < -0.3 is 5.32 Å². The van der Waals surface area contributed by atoms with Gasteiger partial charge in [0.05, 0.1) is 17.5 Å². The van der Waals surface area contributed by atoms with Gasteiger partial charge in [0.25, 0.3) is 0 Å². The minimum Gasteiger partial charge on any atom is -0.344 e. The highest BCUT2D eigenvalue weighted by molar-refractivity contribution is 7.89. The second kappa shape index (κ2) is 9.95. The van der Waals surface area contributed by atoms with E-state index in [0.29, 0.717) is 18.7 Å². The van der Waals surface area contributed by atoms with Crippen LogP contribution < -0.4 is 10.0 Å². The van der Waals surface area contributed by atoms with Gasteiger partial charge in [0.2, 0.25) is 15.9 Å². The summed E-state index contributed by atoms with van der Waals surface area (Å²) in [6.45, 7) is 2.49. The van der Waals surface area contributed by atoms with Gasteiger partial charge in [0.1, 0.15) is 12.7 Å². The fourth-order valence-electron chi connectivity index (χ4n) is 2.86. The SMILES string of the molecule is CCNS(=O)(=O)c1ccc(/C=C/C(=O)NC(Cn2cncn2)c2ccccc2)cc1. The lowest BCUT2D eigenvalue weighted by atomic mass is 10.1. The van der Waals surface area contributed by atoms with Gasteiger partial charge in [-0.2, -0.15) is 5.10 Å². The molecule has 1 atom stereocenters. The van der Waals surface area contributed by atoms with Crippen LogP contribution in [0.1, 0.15) is 24.1 Å². The normalized spacial score (nSPS) is 12.7. The molecule has 9 heteroatoms. The molecule has 1 heterocycles. The second-order valence-corrected chi connectivity index (χ2v) is 8.26. The van der Waals surface area contributed by atoms with Crippen molar-refractivity contribution >= 4 is 22.0 Å². The number of nitrogens with one attached hydrogen (secondary N) is 2. The Morgan fingerprint density at radius 1 is 1.13 bits per heavy atom. The third kappa shape index (κ3) is 5.85. The van der Waals surface area contributed by atoms with E-state index >= 15 is 0 Å². The maximum Gasteiger partial charge on any atom is 0.244 e. The third-order valence-electron chi connectivity index (χ3n) is 4.31. The van der Waals surface area contributed by atoms with Crippen molar-refractivity contribution in [2.24, 2.45) is 0 Å². The van der Waals surface area contributed by atoms with Crippen LogP contribution in [0.15, 0.2) is 78.2 Å². The van der Waals surface area contributed by atoms with E-state index in [1.807, 2.05) is 30.3 Å². The van der Waals surface area contributed by atoms with Gasteiger partial charge in [-0.05, 0) is 29.3 Å². The lowest BCUT2D eigenvalue weighted by molar-refractivity contribution is -0.117. The second-order valence-electron chi connectivity index (χ2n) is 6.49. The van der Waals surface area contributed by atoms with E-state index in [-0.39, 0.29) is 16.8 Å². The summed E-state index contributed by atoms with van der Waals surface area (Å²) in [7, 11) is -3.50. The average Bonchev–Trinajstić information content (AvgIpc) is 3.26. The summed E-state index contributed by atoms with van der Waals surface area (Å²) in [6, 6.07) is 15.7. The van der Waals surface area contributed by atoms with Crippen molar-refractivity contribution in [3.8, 4) is 0 Å². The number of amides is 1. The smallest absolute Gasteiger partial charge is 0.244 e. The first-order valence-corrected chi connectivity index (χ1v) is 10.9. The number of carbonyl (C=O) groups is 1. The molecule has 0 radical (unpaired) electrons. The number of nitrogens with zero attached hydrogens (tertiary/aromatic N) is 3. The molecule has 1 unspecified atom stereocenters. The zero-order valence-electron chi connectivity index (χ0n) is 16.5. The first-order valence-electron chi connectivity index (χ1n) is 9.43. The number of hydrogen-bond donors (Lipinski definition) is 2. The molecule has 1 amide bonds. The van der Waals surface area contributed by atoms with Gasteiger partial charge in [0.15, 0.2) is 0 Å². The molecule has 0 aliphatic rings. The molecule has 0 saturated carbocycles. The Kier molecular flexibility index (Phi) is 7.10. The van der Waals surface area contributed by atoms with Crippen LogP contribution in [0.4, 0.5) is 0 Å². The van der Waals surface area contributed by atoms with Gasteiger partial charge in [-0.15, -0.1) is 0 Å². The van der Waals surface area contributed by atoms with Gasteiger partial charge >= 0.3 is 0 Å². The fourth-order valence-corrected chi connectivity index (χ4v) is 3.90. The van der Waals surface area contributed by atoms with Crippen LogP contribution in [0.2, 0.25) is 0 Å². The molecule has 8 nitrogen and oxygen atoms in total. The lowest BCUT2D eigenvalue weighted by Crippen LogP contribution is -2.30. The minimum absolute atomic E-state index is 0.183. The number of benzene rings is 2. The summed E-state index contributed by atoms with van der Waals surface area (Å²) in [5.41, 5.74) is 1.67. The number of sulfonamides is 1. The fraction of sp³-hybridized carbons (Fsp3) is 0.190. The van der Waals surface area contributed by atoms with Crippen molar-refractivity contribution in [3.05, 3.63) is 84.5 Å². The Labute approximate surface area is 175 Å². The molecule has 0 fully saturated rings. The van der Waals surface area contributed by atoms with Crippen molar-refractivity contribution in [1.29, 1.82) is 0 Å². The molecule has 0 bridgehead atoms. The van der Waals surface area contributed by atoms with Gasteiger partial charge in [0, 0.05) is 12.6 Å². The predicted molar refractivity (Wildman–Crippen MR) is 114 cm³/mol. The summed E-state index contributed by atoms with van der Waals surface area (Å²) < 4.78 is 28.1. The highest BCUT2D eigenvalue weighted by atomic mass is 32.2. The van der Waals surface area contributed by atoms with Crippen LogP contribution >= 0.6 is 0 Å².